The number of hydrogen-bond donors (Lipinski definition) is 0. The molecule has 0 heterocycles. The molecular formula is C31H64O2. The standard InChI is InChI=1S/C31H64O2/c1-5-7-9-11-13-15-17-18-19-21-23-25-27-29-31(4)33-32-30(3)28-26-24-22-20-16-14-12-10-8-6-2/h30-31H,5-29H2,1-4H3. The molecule has 0 rings (SSSR count). The highest BCUT2D eigenvalue weighted by Crippen LogP contribution is 2.16. The van der Waals surface area contributed by atoms with Crippen molar-refractivity contribution in [3.05, 3.63) is 0 Å². The van der Waals surface area contributed by atoms with E-state index in [9.17, 15) is 0 Å². The van der Waals surface area contributed by atoms with E-state index in [0.29, 0.717) is 0 Å². The second kappa shape index (κ2) is 28.2. The van der Waals surface area contributed by atoms with Gasteiger partial charge in [-0.25, -0.2) is 9.78 Å². The van der Waals surface area contributed by atoms with Crippen LogP contribution in [0.15, 0.2) is 0 Å². The van der Waals surface area contributed by atoms with E-state index in [4.69, 9.17) is 9.78 Å². The van der Waals surface area contributed by atoms with Gasteiger partial charge in [0.25, 0.3) is 0 Å². The lowest BCUT2D eigenvalue weighted by molar-refractivity contribution is -0.346. The van der Waals surface area contributed by atoms with Crippen LogP contribution < -0.4 is 0 Å². The van der Waals surface area contributed by atoms with Crippen molar-refractivity contribution in [2.45, 2.75) is 200 Å². The zero-order valence-electron chi connectivity index (χ0n) is 23.6. The maximum absolute atomic E-state index is 5.65. The van der Waals surface area contributed by atoms with Crippen molar-refractivity contribution in [3.63, 3.8) is 0 Å². The zero-order chi connectivity index (χ0) is 24.2. The molecule has 0 saturated carbocycles. The van der Waals surface area contributed by atoms with E-state index in [-0.39, 0.29) is 12.2 Å². The Kier molecular flexibility index (Phi) is 28.1. The highest BCUT2D eigenvalue weighted by Gasteiger charge is 2.08. The van der Waals surface area contributed by atoms with E-state index in [1.807, 2.05) is 0 Å². The summed E-state index contributed by atoms with van der Waals surface area (Å²) in [6.07, 6.45) is 35.0. The molecule has 33 heavy (non-hydrogen) atoms. The fourth-order valence-corrected chi connectivity index (χ4v) is 4.65. The first-order valence-corrected chi connectivity index (χ1v) is 15.5. The largest absolute Gasteiger partial charge is 0.233 e. The summed E-state index contributed by atoms with van der Waals surface area (Å²) in [5.74, 6) is 0. The second-order valence-electron chi connectivity index (χ2n) is 10.8. The minimum absolute atomic E-state index is 0.230. The summed E-state index contributed by atoms with van der Waals surface area (Å²) in [5.41, 5.74) is 0. The van der Waals surface area contributed by atoms with Gasteiger partial charge in [0.2, 0.25) is 0 Å². The van der Waals surface area contributed by atoms with Crippen LogP contribution in [0.25, 0.3) is 0 Å². The molecule has 0 aromatic heterocycles. The molecule has 0 bridgehead atoms. The molecule has 0 radical (unpaired) electrons. The Hall–Kier alpha value is -0.0800. The Bertz CT molecular complexity index is 344. The second-order valence-corrected chi connectivity index (χ2v) is 10.8. The summed E-state index contributed by atoms with van der Waals surface area (Å²) in [5, 5.41) is 0. The molecule has 0 aliphatic heterocycles. The van der Waals surface area contributed by atoms with Crippen LogP contribution in [0.5, 0.6) is 0 Å². The molecule has 0 aromatic rings. The summed E-state index contributed by atoms with van der Waals surface area (Å²) in [7, 11) is 0. The summed E-state index contributed by atoms with van der Waals surface area (Å²) in [6.45, 7) is 8.90. The molecule has 0 aliphatic carbocycles. The molecule has 0 aliphatic rings. The molecular weight excluding hydrogens is 404 g/mol. The van der Waals surface area contributed by atoms with Gasteiger partial charge in [0.1, 0.15) is 0 Å². The Balaban J connectivity index is 3.27. The van der Waals surface area contributed by atoms with Gasteiger partial charge in [-0.1, -0.05) is 162 Å². The topological polar surface area (TPSA) is 18.5 Å². The van der Waals surface area contributed by atoms with Gasteiger partial charge < -0.3 is 0 Å². The van der Waals surface area contributed by atoms with Gasteiger partial charge in [0.15, 0.2) is 0 Å². The van der Waals surface area contributed by atoms with E-state index in [1.54, 1.807) is 0 Å². The molecule has 0 amide bonds. The molecule has 0 saturated heterocycles. The summed E-state index contributed by atoms with van der Waals surface area (Å²) in [4.78, 5) is 11.3. The van der Waals surface area contributed by atoms with E-state index in [2.05, 4.69) is 27.7 Å². The average molecular weight is 469 g/mol. The monoisotopic (exact) mass is 468 g/mol. The number of unbranched alkanes of at least 4 members (excludes halogenated alkanes) is 21. The van der Waals surface area contributed by atoms with Crippen molar-refractivity contribution >= 4 is 0 Å². The van der Waals surface area contributed by atoms with Gasteiger partial charge in [0, 0.05) is 0 Å². The van der Waals surface area contributed by atoms with Crippen LogP contribution in [0.3, 0.4) is 0 Å². The van der Waals surface area contributed by atoms with Crippen molar-refractivity contribution in [2.24, 2.45) is 0 Å². The smallest absolute Gasteiger partial charge is 0.0902 e. The fourth-order valence-electron chi connectivity index (χ4n) is 4.65. The lowest BCUT2D eigenvalue weighted by atomic mass is 10.0. The summed E-state index contributed by atoms with van der Waals surface area (Å²) in [6, 6.07) is 0. The minimum Gasteiger partial charge on any atom is -0.233 e. The van der Waals surface area contributed by atoms with Crippen molar-refractivity contribution in [2.75, 3.05) is 0 Å². The van der Waals surface area contributed by atoms with Gasteiger partial charge in [-0.2, -0.15) is 0 Å². The quantitative estimate of drug-likeness (QED) is 0.0645. The fraction of sp³-hybridized carbons (Fsp3) is 1.00. The Morgan fingerprint density at radius 3 is 0.788 bits per heavy atom. The lowest BCUT2D eigenvalue weighted by Gasteiger charge is -2.16. The predicted octanol–water partition coefficient (Wildman–Crippen LogP) is 11.5. The van der Waals surface area contributed by atoms with Crippen LogP contribution in [-0.4, -0.2) is 12.2 Å². The van der Waals surface area contributed by atoms with Crippen molar-refractivity contribution in [3.8, 4) is 0 Å². The first-order chi connectivity index (χ1) is 16.2. The molecule has 2 nitrogen and oxygen atoms in total. The molecule has 0 spiro atoms. The van der Waals surface area contributed by atoms with Gasteiger partial charge in [-0.05, 0) is 26.7 Å². The van der Waals surface area contributed by atoms with E-state index >= 15 is 0 Å². The number of rotatable bonds is 28. The molecule has 2 unspecified atom stereocenters. The molecule has 2 heteroatoms. The molecule has 0 fully saturated rings. The van der Waals surface area contributed by atoms with Crippen LogP contribution in [0, 0.1) is 0 Å². The normalized spacial score (nSPS) is 13.5. The van der Waals surface area contributed by atoms with Crippen LogP contribution in [0.4, 0.5) is 0 Å². The van der Waals surface area contributed by atoms with E-state index in [1.165, 1.54) is 148 Å². The van der Waals surface area contributed by atoms with Gasteiger partial charge in [0.05, 0.1) is 12.2 Å². The summed E-state index contributed by atoms with van der Waals surface area (Å²) < 4.78 is 0. The van der Waals surface area contributed by atoms with Crippen LogP contribution in [0.1, 0.15) is 188 Å². The molecule has 0 aromatic carbocycles. The van der Waals surface area contributed by atoms with E-state index < -0.39 is 0 Å². The first kappa shape index (κ1) is 32.9. The Labute approximate surface area is 210 Å². The van der Waals surface area contributed by atoms with Gasteiger partial charge >= 0.3 is 0 Å². The van der Waals surface area contributed by atoms with Crippen LogP contribution in [-0.2, 0) is 9.78 Å². The molecule has 200 valence electrons. The lowest BCUT2D eigenvalue weighted by Crippen LogP contribution is -2.15. The Morgan fingerprint density at radius 2 is 0.545 bits per heavy atom. The SMILES string of the molecule is CCCCCCCCCCCCCCCC(C)OOC(C)CCCCCCCCCCCC. The maximum Gasteiger partial charge on any atom is 0.0902 e. The zero-order valence-corrected chi connectivity index (χ0v) is 23.6. The highest BCUT2D eigenvalue weighted by atomic mass is 17.2. The molecule has 2 atom stereocenters. The van der Waals surface area contributed by atoms with Crippen molar-refractivity contribution < 1.29 is 9.78 Å². The van der Waals surface area contributed by atoms with Gasteiger partial charge in [-0.3, -0.25) is 0 Å². The summed E-state index contributed by atoms with van der Waals surface area (Å²) >= 11 is 0. The highest BCUT2D eigenvalue weighted by molar-refractivity contribution is 4.54. The number of hydrogen-bond acceptors (Lipinski definition) is 2. The van der Waals surface area contributed by atoms with Crippen molar-refractivity contribution in [1.29, 1.82) is 0 Å². The van der Waals surface area contributed by atoms with Crippen LogP contribution >= 0.6 is 0 Å². The van der Waals surface area contributed by atoms with Gasteiger partial charge in [-0.15, -0.1) is 0 Å². The average Bonchev–Trinajstić information content (AvgIpc) is 2.82. The molecule has 0 N–H and O–H groups in total. The maximum atomic E-state index is 5.65. The van der Waals surface area contributed by atoms with E-state index in [0.717, 1.165) is 12.8 Å². The third kappa shape index (κ3) is 28.0. The van der Waals surface area contributed by atoms with Crippen molar-refractivity contribution in [1.82, 2.24) is 0 Å². The third-order valence-electron chi connectivity index (χ3n) is 7.06. The first-order valence-electron chi connectivity index (χ1n) is 15.5. The van der Waals surface area contributed by atoms with Crippen LogP contribution in [0.2, 0.25) is 0 Å². The predicted molar refractivity (Wildman–Crippen MR) is 148 cm³/mol. The Morgan fingerprint density at radius 1 is 0.333 bits per heavy atom. The minimum atomic E-state index is 0.230. The third-order valence-corrected chi connectivity index (χ3v) is 7.06.